The number of pyridine rings is 1. The number of sulfonamides is 1. The van der Waals surface area contributed by atoms with Crippen LogP contribution < -0.4 is 20.7 Å². The van der Waals surface area contributed by atoms with Gasteiger partial charge in [0.15, 0.2) is 0 Å². The van der Waals surface area contributed by atoms with Crippen molar-refractivity contribution in [1.82, 2.24) is 25.2 Å². The van der Waals surface area contributed by atoms with Crippen LogP contribution in [0.3, 0.4) is 0 Å². The fraction of sp³-hybridized carbons (Fsp3) is 0.360. The summed E-state index contributed by atoms with van der Waals surface area (Å²) in [5.41, 5.74) is 0.103. The summed E-state index contributed by atoms with van der Waals surface area (Å²) in [5.74, 6) is -1.06. The van der Waals surface area contributed by atoms with Crippen molar-refractivity contribution in [2.75, 3.05) is 48.3 Å². The highest BCUT2D eigenvalue weighted by atomic mass is 32.2. The molecule has 40 heavy (non-hydrogen) atoms. The predicted molar refractivity (Wildman–Crippen MR) is 147 cm³/mol. The smallest absolute Gasteiger partial charge is 0.365 e. The molecule has 216 valence electrons. The van der Waals surface area contributed by atoms with Crippen molar-refractivity contribution in [2.45, 2.75) is 26.1 Å². The van der Waals surface area contributed by atoms with Crippen molar-refractivity contribution in [3.63, 3.8) is 0 Å². The maximum atomic E-state index is 13.7. The number of carbonyl (C=O) groups excluding carboxylic acids is 1. The minimum atomic E-state index is -4.75. The fourth-order valence-electron chi connectivity index (χ4n) is 3.39. The van der Waals surface area contributed by atoms with Crippen molar-refractivity contribution >= 4 is 39.2 Å². The first kappa shape index (κ1) is 30.6. The van der Waals surface area contributed by atoms with Gasteiger partial charge in [-0.1, -0.05) is 6.07 Å². The van der Waals surface area contributed by atoms with Crippen LogP contribution in [0.15, 0.2) is 48.8 Å². The molecule has 3 rings (SSSR count). The average molecular weight is 581 g/mol. The minimum Gasteiger partial charge on any atom is -0.365 e. The van der Waals surface area contributed by atoms with Gasteiger partial charge in [-0.05, 0) is 64.3 Å². The quantitative estimate of drug-likeness (QED) is 0.223. The second-order valence-electron chi connectivity index (χ2n) is 8.94. The molecule has 0 aliphatic heterocycles. The molecule has 0 bridgehead atoms. The first-order valence-electron chi connectivity index (χ1n) is 12.3. The molecule has 0 radical (unpaired) electrons. The number of carbonyl (C=O) groups is 1. The molecule has 0 aliphatic rings. The lowest BCUT2D eigenvalue weighted by Gasteiger charge is -2.16. The summed E-state index contributed by atoms with van der Waals surface area (Å²) in [6, 6.07) is 9.39. The van der Waals surface area contributed by atoms with Gasteiger partial charge in [-0.15, -0.1) is 0 Å². The first-order valence-corrected chi connectivity index (χ1v) is 14.0. The number of amides is 1. The zero-order valence-corrected chi connectivity index (χ0v) is 23.0. The third-order valence-corrected chi connectivity index (χ3v) is 6.80. The molecule has 0 saturated carbocycles. The number of hydrogen-bond donors (Lipinski definition) is 4. The second-order valence-corrected chi connectivity index (χ2v) is 10.9. The van der Waals surface area contributed by atoms with Crippen LogP contribution in [0, 0.1) is 0 Å². The van der Waals surface area contributed by atoms with Crippen molar-refractivity contribution in [2.24, 2.45) is 0 Å². The number of nitrogens with one attached hydrogen (secondary N) is 4. The molecule has 0 aliphatic carbocycles. The van der Waals surface area contributed by atoms with Gasteiger partial charge >= 0.3 is 6.18 Å². The summed E-state index contributed by atoms with van der Waals surface area (Å²) in [6.45, 7) is 2.61. The number of alkyl halides is 3. The zero-order chi connectivity index (χ0) is 29.3. The van der Waals surface area contributed by atoms with E-state index < -0.39 is 27.6 Å². The Bertz CT molecular complexity index is 1400. The number of aromatic nitrogens is 3. The van der Waals surface area contributed by atoms with Crippen molar-refractivity contribution in [3.05, 3.63) is 65.5 Å². The molecule has 2 aromatic heterocycles. The standard InChI is InChI=1S/C25H31F3N8O3S/c1-4-40(38,39)35-21-18(7-5-12-29-21)15-31-22-20(25(26,27)28)16-32-24(34-22)33-19-10-8-17(9-11-19)23(37)30-13-6-14-36(2)3/h5,7-12,16H,4,6,13-15H2,1-3H3,(H,29,35)(H,30,37)(H2,31,32,33,34). The number of rotatable bonds is 13. The van der Waals surface area contributed by atoms with Crippen molar-refractivity contribution < 1.29 is 26.4 Å². The van der Waals surface area contributed by atoms with Gasteiger partial charge < -0.3 is 20.9 Å². The summed E-state index contributed by atoms with van der Waals surface area (Å²) in [7, 11) is 0.246. The fourth-order valence-corrected chi connectivity index (χ4v) is 4.01. The van der Waals surface area contributed by atoms with E-state index >= 15 is 0 Å². The molecule has 3 aromatic rings. The molecule has 0 atom stereocenters. The topological polar surface area (TPSA) is 141 Å². The summed E-state index contributed by atoms with van der Waals surface area (Å²) < 4.78 is 67.2. The van der Waals surface area contributed by atoms with E-state index in [0.717, 1.165) is 13.0 Å². The van der Waals surface area contributed by atoms with Crippen LogP contribution in [-0.4, -0.2) is 67.1 Å². The highest BCUT2D eigenvalue weighted by Crippen LogP contribution is 2.34. The lowest BCUT2D eigenvalue weighted by atomic mass is 10.2. The van der Waals surface area contributed by atoms with E-state index in [-0.39, 0.29) is 30.0 Å². The third-order valence-electron chi connectivity index (χ3n) is 5.53. The maximum Gasteiger partial charge on any atom is 0.421 e. The molecule has 0 saturated heterocycles. The van der Waals surface area contributed by atoms with E-state index in [4.69, 9.17) is 0 Å². The predicted octanol–water partition coefficient (Wildman–Crippen LogP) is 3.69. The van der Waals surface area contributed by atoms with Crippen LogP contribution in [0.25, 0.3) is 0 Å². The van der Waals surface area contributed by atoms with Gasteiger partial charge in [0, 0.05) is 42.3 Å². The van der Waals surface area contributed by atoms with Gasteiger partial charge in [-0.25, -0.2) is 18.4 Å². The monoisotopic (exact) mass is 580 g/mol. The van der Waals surface area contributed by atoms with Gasteiger partial charge in [-0.2, -0.15) is 18.2 Å². The van der Waals surface area contributed by atoms with Crippen LogP contribution >= 0.6 is 0 Å². The lowest BCUT2D eigenvalue weighted by molar-refractivity contribution is -0.137. The van der Waals surface area contributed by atoms with Crippen LogP contribution in [0.1, 0.15) is 34.8 Å². The molecule has 4 N–H and O–H groups in total. The number of nitrogens with zero attached hydrogens (tertiary/aromatic N) is 4. The van der Waals surface area contributed by atoms with Crippen LogP contribution in [0.4, 0.5) is 36.4 Å². The summed E-state index contributed by atoms with van der Waals surface area (Å²) >= 11 is 0. The van der Waals surface area contributed by atoms with Gasteiger partial charge in [0.25, 0.3) is 5.91 Å². The lowest BCUT2D eigenvalue weighted by Crippen LogP contribution is -2.27. The Kier molecular flexibility index (Phi) is 10.2. The van der Waals surface area contributed by atoms with Crippen molar-refractivity contribution in [1.29, 1.82) is 0 Å². The third kappa shape index (κ3) is 9.05. The number of hydrogen-bond acceptors (Lipinski definition) is 9. The Hall–Kier alpha value is -3.98. The van der Waals surface area contributed by atoms with Crippen LogP contribution in [0.5, 0.6) is 0 Å². The molecule has 11 nitrogen and oxygen atoms in total. The van der Waals surface area contributed by atoms with Gasteiger partial charge in [-0.3, -0.25) is 9.52 Å². The van der Waals surface area contributed by atoms with Gasteiger partial charge in [0.05, 0.1) is 5.75 Å². The Labute approximate surface area is 230 Å². The van der Waals surface area contributed by atoms with Gasteiger partial charge in [0.2, 0.25) is 16.0 Å². The Morgan fingerprint density at radius 1 is 1.05 bits per heavy atom. The van der Waals surface area contributed by atoms with Crippen molar-refractivity contribution in [3.8, 4) is 0 Å². The SMILES string of the molecule is CCS(=O)(=O)Nc1ncccc1CNc1nc(Nc2ccc(C(=O)NCCCN(C)C)cc2)ncc1C(F)(F)F. The summed E-state index contributed by atoms with van der Waals surface area (Å²) in [5, 5.41) is 8.28. The molecule has 0 spiro atoms. The first-order chi connectivity index (χ1) is 18.9. The molecule has 1 aromatic carbocycles. The number of anilines is 4. The molecule has 0 unspecified atom stereocenters. The highest BCUT2D eigenvalue weighted by Gasteiger charge is 2.35. The van der Waals surface area contributed by atoms with Crippen LogP contribution in [-0.2, 0) is 22.7 Å². The van der Waals surface area contributed by atoms with Crippen LogP contribution in [0.2, 0.25) is 0 Å². The molecule has 2 heterocycles. The Morgan fingerprint density at radius 3 is 2.42 bits per heavy atom. The largest absolute Gasteiger partial charge is 0.421 e. The molecule has 1 amide bonds. The van der Waals surface area contributed by atoms with E-state index in [2.05, 4.69) is 35.6 Å². The highest BCUT2D eigenvalue weighted by molar-refractivity contribution is 7.92. The van der Waals surface area contributed by atoms with E-state index in [9.17, 15) is 26.4 Å². The Morgan fingerprint density at radius 2 is 1.77 bits per heavy atom. The normalized spacial score (nSPS) is 11.8. The van der Waals surface area contributed by atoms with E-state index in [1.54, 1.807) is 24.3 Å². The van der Waals surface area contributed by atoms with E-state index in [0.29, 0.717) is 29.6 Å². The number of halogens is 3. The molecular formula is C25H31F3N8O3S. The molecule has 0 fully saturated rings. The minimum absolute atomic E-state index is 0.000334. The molecule has 15 heteroatoms. The molecular weight excluding hydrogens is 549 g/mol. The van der Waals surface area contributed by atoms with E-state index in [1.807, 2.05) is 19.0 Å². The van der Waals surface area contributed by atoms with Gasteiger partial charge in [0.1, 0.15) is 17.2 Å². The average Bonchev–Trinajstić information content (AvgIpc) is 2.90. The summed E-state index contributed by atoms with van der Waals surface area (Å²) in [6.07, 6.45) is -1.93. The second kappa shape index (κ2) is 13.4. The Balaban J connectivity index is 1.73. The van der Waals surface area contributed by atoms with E-state index in [1.165, 1.54) is 25.3 Å². The summed E-state index contributed by atoms with van der Waals surface area (Å²) in [4.78, 5) is 26.1. The maximum absolute atomic E-state index is 13.7. The number of benzene rings is 1. The zero-order valence-electron chi connectivity index (χ0n) is 22.2.